The van der Waals surface area contributed by atoms with Crippen LogP contribution in [-0.2, 0) is 11.7 Å². The van der Waals surface area contributed by atoms with Crippen LogP contribution in [0.5, 0.6) is 0 Å². The van der Waals surface area contributed by atoms with E-state index in [0.29, 0.717) is 5.56 Å². The molecule has 0 spiro atoms. The third-order valence-electron chi connectivity index (χ3n) is 3.64. The molecule has 0 aliphatic heterocycles. The fourth-order valence-corrected chi connectivity index (χ4v) is 2.42. The van der Waals surface area contributed by atoms with Crippen LogP contribution in [0.3, 0.4) is 0 Å². The van der Waals surface area contributed by atoms with E-state index in [1.165, 1.54) is 39.0 Å². The van der Waals surface area contributed by atoms with Gasteiger partial charge in [-0.1, -0.05) is 6.07 Å². The van der Waals surface area contributed by atoms with Crippen molar-refractivity contribution in [2.24, 2.45) is 0 Å². The van der Waals surface area contributed by atoms with Gasteiger partial charge in [0, 0.05) is 5.69 Å². The van der Waals surface area contributed by atoms with Gasteiger partial charge in [0.1, 0.15) is 0 Å². The zero-order valence-corrected chi connectivity index (χ0v) is 14.6. The Labute approximate surface area is 147 Å². The van der Waals surface area contributed by atoms with Crippen molar-refractivity contribution in [1.29, 1.82) is 0 Å². The molecule has 2 N–H and O–H groups in total. The van der Waals surface area contributed by atoms with Crippen LogP contribution in [0, 0.1) is 6.92 Å². The minimum absolute atomic E-state index is 0.0516. The summed E-state index contributed by atoms with van der Waals surface area (Å²) in [5.41, 5.74) is -2.28. The highest BCUT2D eigenvalue weighted by Crippen LogP contribution is 2.35. The molecule has 2 aromatic rings. The Kier molecular flexibility index (Phi) is 4.85. The van der Waals surface area contributed by atoms with E-state index in [1.807, 2.05) is 0 Å². The Morgan fingerprint density at radius 2 is 1.77 bits per heavy atom. The molecule has 1 amide bonds. The van der Waals surface area contributed by atoms with E-state index < -0.39 is 34.8 Å². The molecule has 0 bridgehead atoms. The molecular weight excluding hydrogens is 351 g/mol. The van der Waals surface area contributed by atoms with E-state index in [0.717, 1.165) is 10.9 Å². The van der Waals surface area contributed by atoms with E-state index >= 15 is 0 Å². The molecular formula is C17H18F3N3O3. The first kappa shape index (κ1) is 19.5. The lowest BCUT2D eigenvalue weighted by Gasteiger charge is -2.23. The summed E-state index contributed by atoms with van der Waals surface area (Å²) in [4.78, 5) is 23.5. The van der Waals surface area contributed by atoms with E-state index in [4.69, 9.17) is 5.11 Å². The predicted molar refractivity (Wildman–Crippen MR) is 88.3 cm³/mol. The maximum atomic E-state index is 13.5. The zero-order valence-electron chi connectivity index (χ0n) is 14.6. The molecule has 2 rings (SSSR count). The van der Waals surface area contributed by atoms with Crippen LogP contribution in [0.2, 0.25) is 0 Å². The molecule has 6 nitrogen and oxygen atoms in total. The van der Waals surface area contributed by atoms with Gasteiger partial charge in [-0.25, -0.2) is 4.79 Å². The number of anilines is 1. The zero-order chi connectivity index (χ0) is 19.9. The number of aryl methyl sites for hydroxylation is 1. The van der Waals surface area contributed by atoms with Crippen LogP contribution in [0.25, 0.3) is 0 Å². The van der Waals surface area contributed by atoms with E-state index in [9.17, 15) is 22.8 Å². The van der Waals surface area contributed by atoms with Crippen LogP contribution in [0.15, 0.2) is 24.4 Å². The number of carboxylic acid groups (broad SMARTS) is 1. The summed E-state index contributed by atoms with van der Waals surface area (Å²) in [6, 6.07) is 4.07. The van der Waals surface area contributed by atoms with Crippen molar-refractivity contribution >= 4 is 17.6 Å². The number of carbonyl (C=O) groups excluding carboxylic acids is 1. The molecule has 0 aliphatic rings. The Morgan fingerprint density at radius 3 is 2.27 bits per heavy atom. The quantitative estimate of drug-likeness (QED) is 0.859. The number of hydrogen-bond acceptors (Lipinski definition) is 3. The summed E-state index contributed by atoms with van der Waals surface area (Å²) in [6.45, 7) is 6.19. The van der Waals surface area contributed by atoms with Crippen molar-refractivity contribution in [1.82, 2.24) is 9.78 Å². The number of nitrogens with zero attached hydrogens (tertiary/aromatic N) is 2. The molecule has 0 aliphatic carbocycles. The molecule has 0 unspecified atom stereocenters. The summed E-state index contributed by atoms with van der Waals surface area (Å²) in [5.74, 6) is -2.22. The number of rotatable bonds is 3. The average molecular weight is 369 g/mol. The highest BCUT2D eigenvalue weighted by molar-refractivity contribution is 6.05. The monoisotopic (exact) mass is 369 g/mol. The third kappa shape index (κ3) is 3.87. The summed E-state index contributed by atoms with van der Waals surface area (Å²) in [5, 5.41) is 15.1. The van der Waals surface area contributed by atoms with Crippen LogP contribution in [0.4, 0.5) is 18.9 Å². The lowest BCUT2D eigenvalue weighted by atomic mass is 10.1. The number of nitrogens with one attached hydrogen (secondary N) is 1. The van der Waals surface area contributed by atoms with Crippen molar-refractivity contribution in [3.63, 3.8) is 0 Å². The van der Waals surface area contributed by atoms with E-state index in [1.54, 1.807) is 6.92 Å². The number of benzene rings is 1. The maximum absolute atomic E-state index is 13.5. The van der Waals surface area contributed by atoms with E-state index in [2.05, 4.69) is 10.4 Å². The number of amides is 1. The first-order valence-electron chi connectivity index (χ1n) is 7.63. The van der Waals surface area contributed by atoms with Gasteiger partial charge in [0.05, 0.1) is 22.9 Å². The minimum Gasteiger partial charge on any atom is -0.478 e. The summed E-state index contributed by atoms with van der Waals surface area (Å²) >= 11 is 0. The summed E-state index contributed by atoms with van der Waals surface area (Å²) in [7, 11) is 0. The fourth-order valence-electron chi connectivity index (χ4n) is 2.42. The standard InChI is InChI=1S/C17H18F3N3O3/c1-9-5-6-10(7-11(9)15(25)26)22-14(24)12-8-21-23(16(2,3)4)13(12)17(18,19)20/h5-8H,1-4H3,(H,22,24)(H,25,26). The van der Waals surface area contributed by atoms with Crippen LogP contribution in [-0.4, -0.2) is 26.8 Å². The van der Waals surface area contributed by atoms with Gasteiger partial charge in [-0.2, -0.15) is 18.3 Å². The highest BCUT2D eigenvalue weighted by atomic mass is 19.4. The van der Waals surface area contributed by atoms with Crippen molar-refractivity contribution in [3.05, 3.63) is 46.8 Å². The normalized spacial score (nSPS) is 12.1. The summed E-state index contributed by atoms with van der Waals surface area (Å²) < 4.78 is 41.2. The molecule has 140 valence electrons. The number of carbonyl (C=O) groups is 2. The molecule has 26 heavy (non-hydrogen) atoms. The number of carboxylic acids is 1. The fraction of sp³-hybridized carbons (Fsp3) is 0.353. The first-order chi connectivity index (χ1) is 11.8. The van der Waals surface area contributed by atoms with Crippen LogP contribution < -0.4 is 5.32 Å². The van der Waals surface area contributed by atoms with Gasteiger partial charge >= 0.3 is 12.1 Å². The van der Waals surface area contributed by atoms with Gasteiger partial charge < -0.3 is 10.4 Å². The van der Waals surface area contributed by atoms with E-state index in [-0.39, 0.29) is 11.3 Å². The molecule has 0 saturated heterocycles. The molecule has 0 fully saturated rings. The van der Waals surface area contributed by atoms with Gasteiger partial charge in [-0.05, 0) is 45.4 Å². The van der Waals surface area contributed by atoms with Crippen LogP contribution >= 0.6 is 0 Å². The van der Waals surface area contributed by atoms with Gasteiger partial charge in [0.25, 0.3) is 5.91 Å². The SMILES string of the molecule is Cc1ccc(NC(=O)c2cnn(C(C)(C)C)c2C(F)(F)F)cc1C(=O)O. The Balaban J connectivity index is 2.44. The number of hydrogen-bond donors (Lipinski definition) is 2. The number of aromatic nitrogens is 2. The second-order valence-electron chi connectivity index (χ2n) is 6.78. The maximum Gasteiger partial charge on any atom is 0.433 e. The van der Waals surface area contributed by atoms with Crippen molar-refractivity contribution in [2.45, 2.75) is 39.4 Å². The number of alkyl halides is 3. The van der Waals surface area contributed by atoms with Crippen LogP contribution in [0.1, 0.15) is 52.7 Å². The smallest absolute Gasteiger partial charge is 0.433 e. The second-order valence-corrected chi connectivity index (χ2v) is 6.78. The third-order valence-corrected chi connectivity index (χ3v) is 3.64. The summed E-state index contributed by atoms with van der Waals surface area (Å²) in [6.07, 6.45) is -3.92. The Hall–Kier alpha value is -2.84. The Bertz CT molecular complexity index is 864. The van der Waals surface area contributed by atoms with Crippen molar-refractivity contribution in [3.8, 4) is 0 Å². The van der Waals surface area contributed by atoms with Gasteiger partial charge in [0.2, 0.25) is 0 Å². The van der Waals surface area contributed by atoms with Gasteiger partial charge in [0.15, 0.2) is 5.69 Å². The molecule has 1 heterocycles. The van der Waals surface area contributed by atoms with Gasteiger partial charge in [-0.3, -0.25) is 9.48 Å². The highest BCUT2D eigenvalue weighted by Gasteiger charge is 2.42. The van der Waals surface area contributed by atoms with Crippen molar-refractivity contribution in [2.75, 3.05) is 5.32 Å². The average Bonchev–Trinajstić information content (AvgIpc) is 2.94. The molecule has 9 heteroatoms. The molecule has 0 saturated carbocycles. The topological polar surface area (TPSA) is 84.2 Å². The van der Waals surface area contributed by atoms with Crippen molar-refractivity contribution < 1.29 is 27.9 Å². The largest absolute Gasteiger partial charge is 0.478 e. The first-order valence-corrected chi connectivity index (χ1v) is 7.63. The predicted octanol–water partition coefficient (Wildman–Crippen LogP) is 3.92. The molecule has 0 atom stereocenters. The molecule has 0 radical (unpaired) electrons. The number of halogens is 3. The number of aromatic carboxylic acids is 1. The second kappa shape index (κ2) is 6.47. The molecule has 1 aromatic carbocycles. The lowest BCUT2D eigenvalue weighted by molar-refractivity contribution is -0.146. The molecule has 1 aromatic heterocycles. The van der Waals surface area contributed by atoms with Gasteiger partial charge in [-0.15, -0.1) is 0 Å². The Morgan fingerprint density at radius 1 is 1.15 bits per heavy atom. The minimum atomic E-state index is -4.78. The lowest BCUT2D eigenvalue weighted by Crippen LogP contribution is -2.30.